The number of anilines is 1. The Morgan fingerprint density at radius 2 is 1.93 bits per heavy atom. The second kappa shape index (κ2) is 4.47. The van der Waals surface area contributed by atoms with Gasteiger partial charge in [0.25, 0.3) is 0 Å². The average molecular weight is 218 g/mol. The van der Waals surface area contributed by atoms with E-state index in [0.29, 0.717) is 0 Å². The first-order chi connectivity index (χ1) is 7.31. The Labute approximate surface area is 93.7 Å². The van der Waals surface area contributed by atoms with Gasteiger partial charge in [-0.15, -0.1) is 11.3 Å². The van der Waals surface area contributed by atoms with Crippen LogP contribution in [0, 0.1) is 0 Å². The van der Waals surface area contributed by atoms with E-state index in [2.05, 4.69) is 28.9 Å². The Balaban J connectivity index is 2.22. The molecular weight excluding hydrogens is 204 g/mol. The summed E-state index contributed by atoms with van der Waals surface area (Å²) in [5.74, 6) is 0. The monoisotopic (exact) mass is 218 g/mol. The van der Waals surface area contributed by atoms with Gasteiger partial charge in [-0.05, 0) is 29.1 Å². The second-order valence-electron chi connectivity index (χ2n) is 3.37. The highest BCUT2D eigenvalue weighted by atomic mass is 32.1. The lowest BCUT2D eigenvalue weighted by Gasteiger charge is -2.10. The van der Waals surface area contributed by atoms with Crippen molar-refractivity contribution in [2.75, 3.05) is 12.4 Å². The summed E-state index contributed by atoms with van der Waals surface area (Å²) < 4.78 is 0. The molecule has 0 saturated carbocycles. The molecule has 3 N–H and O–H groups in total. The van der Waals surface area contributed by atoms with Crippen molar-refractivity contribution in [3.8, 4) is 0 Å². The zero-order valence-electron chi connectivity index (χ0n) is 8.60. The van der Waals surface area contributed by atoms with Gasteiger partial charge in [0.05, 0.1) is 6.04 Å². The molecule has 1 unspecified atom stereocenters. The van der Waals surface area contributed by atoms with Crippen molar-refractivity contribution in [3.05, 3.63) is 52.2 Å². The topological polar surface area (TPSA) is 38.0 Å². The van der Waals surface area contributed by atoms with Gasteiger partial charge in [0.1, 0.15) is 0 Å². The van der Waals surface area contributed by atoms with Crippen molar-refractivity contribution in [2.45, 2.75) is 6.04 Å². The molecule has 0 saturated heterocycles. The molecule has 0 bridgehead atoms. The lowest BCUT2D eigenvalue weighted by atomic mass is 10.1. The quantitative estimate of drug-likeness (QED) is 0.831. The standard InChI is InChI=1S/C12H14N2S/c1-14-10-6-4-9(5-7-10)12(13)11-3-2-8-15-11/h2-8,12,14H,13H2,1H3. The summed E-state index contributed by atoms with van der Waals surface area (Å²) in [5, 5.41) is 5.14. The molecule has 1 aromatic carbocycles. The van der Waals surface area contributed by atoms with Gasteiger partial charge in [-0.25, -0.2) is 0 Å². The zero-order valence-corrected chi connectivity index (χ0v) is 9.42. The van der Waals surface area contributed by atoms with E-state index in [4.69, 9.17) is 5.73 Å². The number of hydrogen-bond acceptors (Lipinski definition) is 3. The number of rotatable bonds is 3. The maximum atomic E-state index is 6.14. The SMILES string of the molecule is CNc1ccc(C(N)c2cccs2)cc1. The number of nitrogens with one attached hydrogen (secondary N) is 1. The van der Waals surface area contributed by atoms with Crippen molar-refractivity contribution in [1.29, 1.82) is 0 Å². The molecule has 1 atom stereocenters. The summed E-state index contributed by atoms with van der Waals surface area (Å²) in [6.45, 7) is 0. The van der Waals surface area contributed by atoms with Crippen LogP contribution < -0.4 is 11.1 Å². The largest absolute Gasteiger partial charge is 0.388 e. The number of hydrogen-bond donors (Lipinski definition) is 2. The molecule has 0 fully saturated rings. The van der Waals surface area contributed by atoms with Crippen molar-refractivity contribution in [2.24, 2.45) is 5.73 Å². The molecule has 15 heavy (non-hydrogen) atoms. The maximum Gasteiger partial charge on any atom is 0.0646 e. The zero-order chi connectivity index (χ0) is 10.7. The van der Waals surface area contributed by atoms with Gasteiger partial charge in [-0.2, -0.15) is 0 Å². The fourth-order valence-corrected chi connectivity index (χ4v) is 2.24. The van der Waals surface area contributed by atoms with Crippen molar-refractivity contribution >= 4 is 17.0 Å². The molecule has 0 spiro atoms. The molecule has 2 rings (SSSR count). The summed E-state index contributed by atoms with van der Waals surface area (Å²) in [5.41, 5.74) is 8.40. The molecule has 0 aliphatic carbocycles. The molecule has 3 heteroatoms. The van der Waals surface area contributed by atoms with Crippen LogP contribution in [0.3, 0.4) is 0 Å². The molecule has 0 aliphatic rings. The van der Waals surface area contributed by atoms with Gasteiger partial charge in [0.15, 0.2) is 0 Å². The number of benzene rings is 1. The van der Waals surface area contributed by atoms with E-state index in [-0.39, 0.29) is 6.04 Å². The summed E-state index contributed by atoms with van der Waals surface area (Å²) in [4.78, 5) is 1.20. The summed E-state index contributed by atoms with van der Waals surface area (Å²) in [6.07, 6.45) is 0. The van der Waals surface area contributed by atoms with Crippen LogP contribution in [0.15, 0.2) is 41.8 Å². The highest BCUT2D eigenvalue weighted by molar-refractivity contribution is 7.10. The molecular formula is C12H14N2S. The normalized spacial score (nSPS) is 12.4. The van der Waals surface area contributed by atoms with E-state index in [1.54, 1.807) is 11.3 Å². The maximum absolute atomic E-state index is 6.14. The van der Waals surface area contributed by atoms with Gasteiger partial charge in [0, 0.05) is 17.6 Å². The Morgan fingerprint density at radius 3 is 2.47 bits per heavy atom. The van der Waals surface area contributed by atoms with Crippen molar-refractivity contribution in [1.82, 2.24) is 0 Å². The third-order valence-electron chi connectivity index (χ3n) is 2.41. The third kappa shape index (κ3) is 2.19. The van der Waals surface area contributed by atoms with E-state index in [1.807, 2.05) is 25.2 Å². The number of thiophene rings is 1. The first-order valence-electron chi connectivity index (χ1n) is 4.88. The van der Waals surface area contributed by atoms with Crippen LogP contribution in [0.2, 0.25) is 0 Å². The molecule has 78 valence electrons. The molecule has 0 aliphatic heterocycles. The smallest absolute Gasteiger partial charge is 0.0646 e. The van der Waals surface area contributed by atoms with Crippen LogP contribution in [0.4, 0.5) is 5.69 Å². The molecule has 1 heterocycles. The van der Waals surface area contributed by atoms with E-state index in [0.717, 1.165) is 11.3 Å². The predicted molar refractivity (Wildman–Crippen MR) is 66.3 cm³/mol. The highest BCUT2D eigenvalue weighted by Gasteiger charge is 2.08. The Hall–Kier alpha value is -1.32. The van der Waals surface area contributed by atoms with Gasteiger partial charge in [-0.1, -0.05) is 18.2 Å². The number of nitrogens with two attached hydrogens (primary N) is 1. The minimum Gasteiger partial charge on any atom is -0.388 e. The minimum atomic E-state index is -0.00379. The molecule has 2 aromatic rings. The highest BCUT2D eigenvalue weighted by Crippen LogP contribution is 2.24. The second-order valence-corrected chi connectivity index (χ2v) is 4.34. The Morgan fingerprint density at radius 1 is 1.20 bits per heavy atom. The van der Waals surface area contributed by atoms with E-state index >= 15 is 0 Å². The van der Waals surface area contributed by atoms with Crippen LogP contribution in [-0.2, 0) is 0 Å². The molecule has 1 aromatic heterocycles. The fourth-order valence-electron chi connectivity index (χ4n) is 1.49. The Bertz CT molecular complexity index is 406. The van der Waals surface area contributed by atoms with Crippen LogP contribution >= 0.6 is 11.3 Å². The first-order valence-corrected chi connectivity index (χ1v) is 5.76. The van der Waals surface area contributed by atoms with Crippen LogP contribution in [0.1, 0.15) is 16.5 Å². The van der Waals surface area contributed by atoms with Gasteiger partial charge in [-0.3, -0.25) is 0 Å². The summed E-state index contributed by atoms with van der Waals surface area (Å²) >= 11 is 1.70. The van der Waals surface area contributed by atoms with Gasteiger partial charge >= 0.3 is 0 Å². The van der Waals surface area contributed by atoms with Crippen molar-refractivity contribution in [3.63, 3.8) is 0 Å². The van der Waals surface area contributed by atoms with Crippen LogP contribution in [0.25, 0.3) is 0 Å². The first kappa shape index (κ1) is 10.2. The van der Waals surface area contributed by atoms with Crippen LogP contribution in [0.5, 0.6) is 0 Å². The summed E-state index contributed by atoms with van der Waals surface area (Å²) in [7, 11) is 1.91. The van der Waals surface area contributed by atoms with Gasteiger partial charge < -0.3 is 11.1 Å². The van der Waals surface area contributed by atoms with E-state index in [9.17, 15) is 0 Å². The molecule has 0 amide bonds. The predicted octanol–water partition coefficient (Wildman–Crippen LogP) is 2.84. The van der Waals surface area contributed by atoms with Crippen molar-refractivity contribution < 1.29 is 0 Å². The lowest BCUT2D eigenvalue weighted by molar-refractivity contribution is 0.894. The van der Waals surface area contributed by atoms with Gasteiger partial charge in [0.2, 0.25) is 0 Å². The Kier molecular flexibility index (Phi) is 3.04. The third-order valence-corrected chi connectivity index (χ3v) is 3.36. The van der Waals surface area contributed by atoms with E-state index in [1.165, 1.54) is 4.88 Å². The van der Waals surface area contributed by atoms with Crippen LogP contribution in [-0.4, -0.2) is 7.05 Å². The van der Waals surface area contributed by atoms with E-state index < -0.39 is 0 Å². The molecule has 0 radical (unpaired) electrons. The minimum absolute atomic E-state index is 0.00379. The molecule has 2 nitrogen and oxygen atoms in total. The lowest BCUT2D eigenvalue weighted by Crippen LogP contribution is -2.09. The average Bonchev–Trinajstić information content (AvgIpc) is 2.82. The summed E-state index contributed by atoms with van der Waals surface area (Å²) in [6, 6.07) is 12.3. The fraction of sp³-hybridized carbons (Fsp3) is 0.167.